The molecular weight excluding hydrogens is 248 g/mol. The summed E-state index contributed by atoms with van der Waals surface area (Å²) < 4.78 is 0. The summed E-state index contributed by atoms with van der Waals surface area (Å²) in [4.78, 5) is 10.3. The molecule has 2 nitrogen and oxygen atoms in total. The molecule has 0 saturated heterocycles. The van der Waals surface area contributed by atoms with Crippen molar-refractivity contribution in [3.63, 3.8) is 0 Å². The number of hydrogen-bond acceptors (Lipinski definition) is 1. The maximum atomic E-state index is 10.3. The van der Waals surface area contributed by atoms with Gasteiger partial charge in [0.25, 0.3) is 0 Å². The summed E-state index contributed by atoms with van der Waals surface area (Å²) in [5.74, 6) is -0.662. The molecular formula is C18H32O2. The second-order valence-corrected chi connectivity index (χ2v) is 5.42. The van der Waals surface area contributed by atoms with Crippen LogP contribution in [0.4, 0.5) is 0 Å². The van der Waals surface area contributed by atoms with E-state index in [9.17, 15) is 4.79 Å². The smallest absolute Gasteiger partial charge is 0.303 e. The van der Waals surface area contributed by atoms with Gasteiger partial charge in [0.15, 0.2) is 0 Å². The molecule has 0 fully saturated rings. The van der Waals surface area contributed by atoms with Crippen molar-refractivity contribution < 1.29 is 9.90 Å². The molecule has 116 valence electrons. The van der Waals surface area contributed by atoms with Crippen LogP contribution < -0.4 is 0 Å². The quantitative estimate of drug-likeness (QED) is 0.318. The van der Waals surface area contributed by atoms with Gasteiger partial charge in [-0.25, -0.2) is 0 Å². The Kier molecular flexibility index (Phi) is 15.2. The van der Waals surface area contributed by atoms with Gasteiger partial charge >= 0.3 is 5.97 Å². The fourth-order valence-electron chi connectivity index (χ4n) is 2.24. The van der Waals surface area contributed by atoms with Crippen LogP contribution in [-0.2, 0) is 4.79 Å². The fraction of sp³-hybridized carbons (Fsp3) is 0.722. The van der Waals surface area contributed by atoms with E-state index in [2.05, 4.69) is 24.3 Å². The van der Waals surface area contributed by atoms with Crippen molar-refractivity contribution in [2.45, 2.75) is 84.0 Å². The first-order chi connectivity index (χ1) is 9.77. The molecule has 0 rings (SSSR count). The van der Waals surface area contributed by atoms with Crippen LogP contribution in [0, 0.1) is 0 Å². The summed E-state index contributed by atoms with van der Waals surface area (Å²) in [7, 11) is 0. The molecule has 0 aliphatic heterocycles. The van der Waals surface area contributed by atoms with Gasteiger partial charge in [-0.05, 0) is 26.2 Å². The number of aliphatic carboxylic acids is 1. The van der Waals surface area contributed by atoms with Gasteiger partial charge in [-0.1, -0.05) is 75.7 Å². The Labute approximate surface area is 125 Å². The molecule has 0 unspecified atom stereocenters. The Balaban J connectivity index is 3.04. The van der Waals surface area contributed by atoms with Crippen LogP contribution in [0.1, 0.15) is 84.0 Å². The lowest BCUT2D eigenvalue weighted by Gasteiger charge is -2.01. The molecule has 20 heavy (non-hydrogen) atoms. The molecule has 0 radical (unpaired) electrons. The average Bonchev–Trinajstić information content (AvgIpc) is 2.43. The first-order valence-corrected chi connectivity index (χ1v) is 8.27. The van der Waals surface area contributed by atoms with Crippen molar-refractivity contribution in [3.8, 4) is 0 Å². The van der Waals surface area contributed by atoms with Crippen molar-refractivity contribution in [1.82, 2.24) is 0 Å². The fourth-order valence-corrected chi connectivity index (χ4v) is 2.24. The Morgan fingerprint density at radius 2 is 1.30 bits per heavy atom. The summed E-state index contributed by atoms with van der Waals surface area (Å²) in [5, 5.41) is 8.51. The van der Waals surface area contributed by atoms with Crippen LogP contribution in [-0.4, -0.2) is 11.1 Å². The van der Waals surface area contributed by atoms with E-state index in [0.29, 0.717) is 6.42 Å². The number of carbonyl (C=O) groups is 1. The van der Waals surface area contributed by atoms with Gasteiger partial charge in [0.2, 0.25) is 0 Å². The molecule has 0 amide bonds. The molecule has 0 heterocycles. The number of unbranched alkanes of at least 4 members (excludes halogenated alkanes) is 10. The van der Waals surface area contributed by atoms with Crippen molar-refractivity contribution >= 4 is 5.97 Å². The maximum Gasteiger partial charge on any atom is 0.303 e. The monoisotopic (exact) mass is 280 g/mol. The molecule has 0 aromatic heterocycles. The Hall–Kier alpha value is -1.05. The van der Waals surface area contributed by atoms with Gasteiger partial charge in [0.1, 0.15) is 0 Å². The highest BCUT2D eigenvalue weighted by Gasteiger charge is 1.96. The van der Waals surface area contributed by atoms with Gasteiger partial charge in [0, 0.05) is 6.42 Å². The number of carboxylic acids is 1. The van der Waals surface area contributed by atoms with Crippen molar-refractivity contribution in [2.75, 3.05) is 0 Å². The van der Waals surface area contributed by atoms with Crippen molar-refractivity contribution in [2.24, 2.45) is 0 Å². The second-order valence-electron chi connectivity index (χ2n) is 5.42. The maximum absolute atomic E-state index is 10.3. The predicted octanol–water partition coefficient (Wildman–Crippen LogP) is 5.88. The molecule has 0 aliphatic rings. The largest absolute Gasteiger partial charge is 0.481 e. The third kappa shape index (κ3) is 16.9. The molecule has 0 saturated carbocycles. The van der Waals surface area contributed by atoms with Crippen LogP contribution in [0.25, 0.3) is 0 Å². The van der Waals surface area contributed by atoms with Crippen LogP contribution >= 0.6 is 0 Å². The molecule has 0 bridgehead atoms. The highest BCUT2D eigenvalue weighted by molar-refractivity contribution is 5.66. The summed E-state index contributed by atoms with van der Waals surface area (Å²) >= 11 is 0. The van der Waals surface area contributed by atoms with E-state index in [4.69, 9.17) is 5.11 Å². The molecule has 1 N–H and O–H groups in total. The number of carboxylic acid groups (broad SMARTS) is 1. The minimum absolute atomic E-state index is 0.336. The third-order valence-electron chi connectivity index (χ3n) is 3.45. The van der Waals surface area contributed by atoms with E-state index >= 15 is 0 Å². The average molecular weight is 280 g/mol. The van der Waals surface area contributed by atoms with Gasteiger partial charge in [0.05, 0.1) is 0 Å². The minimum atomic E-state index is -0.662. The predicted molar refractivity (Wildman–Crippen MR) is 87.0 cm³/mol. The number of allylic oxidation sites excluding steroid dienone is 4. The highest BCUT2D eigenvalue weighted by atomic mass is 16.4. The van der Waals surface area contributed by atoms with Crippen LogP contribution in [0.15, 0.2) is 24.3 Å². The summed E-state index contributed by atoms with van der Waals surface area (Å²) in [6.45, 7) is 2.04. The van der Waals surface area contributed by atoms with Crippen LogP contribution in [0.2, 0.25) is 0 Å². The summed E-state index contributed by atoms with van der Waals surface area (Å²) in [6, 6.07) is 0. The molecule has 0 aromatic rings. The van der Waals surface area contributed by atoms with E-state index in [1.54, 1.807) is 0 Å². The topological polar surface area (TPSA) is 37.3 Å². The van der Waals surface area contributed by atoms with Crippen LogP contribution in [0.5, 0.6) is 0 Å². The normalized spacial score (nSPS) is 11.7. The SMILES string of the molecule is C/C=C/C=C\CCCCCCCCCCCCC(=O)O. The lowest BCUT2D eigenvalue weighted by atomic mass is 10.1. The van der Waals surface area contributed by atoms with E-state index in [1.165, 1.54) is 57.8 Å². The molecule has 0 spiro atoms. The minimum Gasteiger partial charge on any atom is -0.481 e. The highest BCUT2D eigenvalue weighted by Crippen LogP contribution is 2.12. The van der Waals surface area contributed by atoms with Crippen molar-refractivity contribution in [3.05, 3.63) is 24.3 Å². The van der Waals surface area contributed by atoms with E-state index in [-0.39, 0.29) is 0 Å². The zero-order valence-corrected chi connectivity index (χ0v) is 13.2. The van der Waals surface area contributed by atoms with E-state index < -0.39 is 5.97 Å². The second kappa shape index (κ2) is 16.0. The zero-order chi connectivity index (χ0) is 14.9. The Morgan fingerprint density at radius 3 is 1.80 bits per heavy atom. The lowest BCUT2D eigenvalue weighted by molar-refractivity contribution is -0.137. The van der Waals surface area contributed by atoms with Crippen molar-refractivity contribution in [1.29, 1.82) is 0 Å². The first kappa shape index (κ1) is 18.9. The Morgan fingerprint density at radius 1 is 0.800 bits per heavy atom. The van der Waals surface area contributed by atoms with Crippen LogP contribution in [0.3, 0.4) is 0 Å². The molecule has 2 heteroatoms. The third-order valence-corrected chi connectivity index (χ3v) is 3.45. The van der Waals surface area contributed by atoms with Gasteiger partial charge in [-0.2, -0.15) is 0 Å². The molecule has 0 atom stereocenters. The number of rotatable bonds is 14. The van der Waals surface area contributed by atoms with Gasteiger partial charge < -0.3 is 5.11 Å². The van der Waals surface area contributed by atoms with Gasteiger partial charge in [-0.15, -0.1) is 0 Å². The lowest BCUT2D eigenvalue weighted by Crippen LogP contribution is -1.93. The standard InChI is InChI=1S/C18H32O2/c1-2-3-4-5-6-7-8-9-10-11-12-13-14-15-16-17-18(19)20/h2-5H,6-17H2,1H3,(H,19,20)/b3-2+,5-4-. The molecule has 0 aromatic carbocycles. The van der Waals surface area contributed by atoms with E-state index in [1.807, 2.05) is 6.92 Å². The first-order valence-electron chi connectivity index (χ1n) is 8.27. The summed E-state index contributed by atoms with van der Waals surface area (Å²) in [6.07, 6.45) is 22.5. The zero-order valence-electron chi connectivity index (χ0n) is 13.2. The van der Waals surface area contributed by atoms with E-state index in [0.717, 1.165) is 12.8 Å². The number of hydrogen-bond donors (Lipinski definition) is 1. The summed E-state index contributed by atoms with van der Waals surface area (Å²) in [5.41, 5.74) is 0. The Bertz CT molecular complexity index is 267. The van der Waals surface area contributed by atoms with Gasteiger partial charge in [-0.3, -0.25) is 4.79 Å². The molecule has 0 aliphatic carbocycles.